The molecule has 0 spiro atoms. The smallest absolute Gasteiger partial charge is 0.242 e. The summed E-state index contributed by atoms with van der Waals surface area (Å²) in [5.74, 6) is -0.781. The van der Waals surface area contributed by atoms with E-state index in [-0.39, 0.29) is 49.2 Å². The molecule has 0 radical (unpaired) electrons. The molecular weight excluding hydrogens is 377 g/mol. The van der Waals surface area contributed by atoms with Crippen molar-refractivity contribution in [2.75, 3.05) is 13.1 Å². The quantitative estimate of drug-likeness (QED) is 0.751. The molecule has 1 aromatic heterocycles. The van der Waals surface area contributed by atoms with Crippen LogP contribution < -0.4 is 11.1 Å². The van der Waals surface area contributed by atoms with E-state index in [2.05, 4.69) is 5.32 Å². The Morgan fingerprint density at radius 1 is 1.19 bits per heavy atom. The molecule has 0 fully saturated rings. The van der Waals surface area contributed by atoms with Crippen LogP contribution in [-0.2, 0) is 16.1 Å². The van der Waals surface area contributed by atoms with Gasteiger partial charge in [0.15, 0.2) is 0 Å². The fraction of sp³-hybridized carbons (Fsp3) is 0.333. The van der Waals surface area contributed by atoms with Crippen molar-refractivity contribution >= 4 is 35.6 Å². The first-order valence-corrected chi connectivity index (χ1v) is 8.83. The maximum atomic E-state index is 13.0. The van der Waals surface area contributed by atoms with E-state index in [1.54, 1.807) is 28.4 Å². The lowest BCUT2D eigenvalue weighted by Crippen LogP contribution is -2.44. The molecule has 1 aromatic carbocycles. The van der Waals surface area contributed by atoms with Crippen molar-refractivity contribution in [2.45, 2.75) is 26.4 Å². The number of nitrogens with two attached hydrogens (primary N) is 1. The maximum absolute atomic E-state index is 13.0. The lowest BCUT2D eigenvalue weighted by Gasteiger charge is -2.26. The number of hydrogen-bond donors (Lipinski definition) is 2. The molecule has 0 bridgehead atoms. The Bertz CT molecular complexity index is 734. The van der Waals surface area contributed by atoms with Gasteiger partial charge in [-0.1, -0.05) is 12.1 Å². The van der Waals surface area contributed by atoms with Gasteiger partial charge in [-0.15, -0.1) is 23.7 Å². The monoisotopic (exact) mass is 399 g/mol. The van der Waals surface area contributed by atoms with Crippen LogP contribution in [0.3, 0.4) is 0 Å². The van der Waals surface area contributed by atoms with Crippen molar-refractivity contribution in [2.24, 2.45) is 5.73 Å². The van der Waals surface area contributed by atoms with Crippen LogP contribution in [0.25, 0.3) is 10.4 Å². The van der Waals surface area contributed by atoms with Crippen molar-refractivity contribution < 1.29 is 14.0 Å². The number of nitrogens with zero attached hydrogens (tertiary/aromatic N) is 1. The van der Waals surface area contributed by atoms with Crippen molar-refractivity contribution in [3.05, 3.63) is 47.1 Å². The number of halogens is 2. The molecule has 2 aromatic rings. The number of carbonyl (C=O) groups excluding carboxylic acids is 2. The standard InChI is InChI=1S/C18H22FN3O2S.ClH/c1-12(2)22(18(24)10-21-17(23)9-20)11-15-7-8-16(25-15)13-3-5-14(19)6-4-13;/h3-8,12H,9-11,20H2,1-2H3,(H,21,23);1H. The Hall–Kier alpha value is -1.96. The van der Waals surface area contributed by atoms with Gasteiger partial charge in [0.2, 0.25) is 11.8 Å². The average molecular weight is 400 g/mol. The van der Waals surface area contributed by atoms with Gasteiger partial charge in [-0.3, -0.25) is 9.59 Å². The molecular formula is C18H23ClFN3O2S. The normalized spacial score (nSPS) is 10.3. The molecule has 2 amide bonds. The third-order valence-corrected chi connectivity index (χ3v) is 4.80. The number of nitrogens with one attached hydrogen (secondary N) is 1. The Labute approximate surface area is 162 Å². The second kappa shape index (κ2) is 10.3. The second-order valence-corrected chi connectivity index (χ2v) is 7.04. The van der Waals surface area contributed by atoms with E-state index in [1.807, 2.05) is 26.0 Å². The van der Waals surface area contributed by atoms with Gasteiger partial charge in [0, 0.05) is 15.8 Å². The highest BCUT2D eigenvalue weighted by molar-refractivity contribution is 7.15. The van der Waals surface area contributed by atoms with Crippen LogP contribution >= 0.6 is 23.7 Å². The van der Waals surface area contributed by atoms with Crippen molar-refractivity contribution in [1.82, 2.24) is 10.2 Å². The molecule has 1 heterocycles. The summed E-state index contributed by atoms with van der Waals surface area (Å²) in [6, 6.07) is 10.3. The largest absolute Gasteiger partial charge is 0.346 e. The fourth-order valence-electron chi connectivity index (χ4n) is 2.31. The van der Waals surface area contributed by atoms with Gasteiger partial charge >= 0.3 is 0 Å². The summed E-state index contributed by atoms with van der Waals surface area (Å²) in [7, 11) is 0. The molecule has 0 aliphatic carbocycles. The van der Waals surface area contributed by atoms with Crippen molar-refractivity contribution in [3.8, 4) is 10.4 Å². The maximum Gasteiger partial charge on any atom is 0.242 e. The second-order valence-electron chi connectivity index (χ2n) is 5.87. The molecule has 5 nitrogen and oxygen atoms in total. The summed E-state index contributed by atoms with van der Waals surface area (Å²) in [5, 5.41) is 2.50. The third-order valence-electron chi connectivity index (χ3n) is 3.68. The molecule has 26 heavy (non-hydrogen) atoms. The van der Waals surface area contributed by atoms with E-state index in [4.69, 9.17) is 5.73 Å². The summed E-state index contributed by atoms with van der Waals surface area (Å²) in [6.07, 6.45) is 0. The first kappa shape index (κ1) is 22.1. The summed E-state index contributed by atoms with van der Waals surface area (Å²) in [4.78, 5) is 27.3. The molecule has 0 aliphatic heterocycles. The lowest BCUT2D eigenvalue weighted by atomic mass is 10.2. The zero-order valence-electron chi connectivity index (χ0n) is 14.7. The average Bonchev–Trinajstić information content (AvgIpc) is 3.06. The number of rotatable bonds is 7. The Balaban J connectivity index is 0.00000338. The number of amides is 2. The van der Waals surface area contributed by atoms with Crippen LogP contribution in [-0.4, -0.2) is 35.8 Å². The molecule has 8 heteroatoms. The first-order chi connectivity index (χ1) is 11.9. The van der Waals surface area contributed by atoms with Gasteiger partial charge in [-0.2, -0.15) is 0 Å². The van der Waals surface area contributed by atoms with E-state index in [0.29, 0.717) is 6.54 Å². The zero-order chi connectivity index (χ0) is 18.4. The molecule has 0 saturated heterocycles. The Kier molecular flexibility index (Phi) is 8.71. The summed E-state index contributed by atoms with van der Waals surface area (Å²) < 4.78 is 13.0. The number of benzene rings is 1. The highest BCUT2D eigenvalue weighted by Crippen LogP contribution is 2.29. The van der Waals surface area contributed by atoms with E-state index in [1.165, 1.54) is 12.1 Å². The molecule has 0 aliphatic rings. The zero-order valence-corrected chi connectivity index (χ0v) is 16.3. The van der Waals surface area contributed by atoms with Gasteiger partial charge in [-0.05, 0) is 43.7 Å². The molecule has 0 unspecified atom stereocenters. The van der Waals surface area contributed by atoms with Crippen LogP contribution in [0.2, 0.25) is 0 Å². The molecule has 0 saturated carbocycles. The highest BCUT2D eigenvalue weighted by Gasteiger charge is 2.18. The molecule has 3 N–H and O–H groups in total. The minimum atomic E-state index is -0.355. The highest BCUT2D eigenvalue weighted by atomic mass is 35.5. The topological polar surface area (TPSA) is 75.4 Å². The molecule has 2 rings (SSSR count). The fourth-order valence-corrected chi connectivity index (χ4v) is 3.32. The SMILES string of the molecule is CC(C)N(Cc1ccc(-c2ccc(F)cc2)s1)C(=O)CNC(=O)CN.Cl. The van der Waals surface area contributed by atoms with E-state index in [0.717, 1.165) is 15.3 Å². The van der Waals surface area contributed by atoms with Gasteiger partial charge in [0.25, 0.3) is 0 Å². The third kappa shape index (κ3) is 6.09. The number of carbonyl (C=O) groups is 2. The van der Waals surface area contributed by atoms with Crippen LogP contribution in [0.5, 0.6) is 0 Å². The minimum Gasteiger partial charge on any atom is -0.346 e. The van der Waals surface area contributed by atoms with Gasteiger partial charge in [-0.25, -0.2) is 4.39 Å². The van der Waals surface area contributed by atoms with E-state index >= 15 is 0 Å². The van der Waals surface area contributed by atoms with Gasteiger partial charge in [0.05, 0.1) is 19.6 Å². The Morgan fingerprint density at radius 2 is 1.85 bits per heavy atom. The van der Waals surface area contributed by atoms with Crippen molar-refractivity contribution in [1.29, 1.82) is 0 Å². The summed E-state index contributed by atoms with van der Waals surface area (Å²) in [6.45, 7) is 4.11. The van der Waals surface area contributed by atoms with Gasteiger partial charge in [0.1, 0.15) is 5.82 Å². The van der Waals surface area contributed by atoms with E-state index < -0.39 is 0 Å². The lowest BCUT2D eigenvalue weighted by molar-refractivity contribution is -0.134. The van der Waals surface area contributed by atoms with Crippen LogP contribution in [0.15, 0.2) is 36.4 Å². The first-order valence-electron chi connectivity index (χ1n) is 8.01. The number of thiophene rings is 1. The summed E-state index contributed by atoms with van der Waals surface area (Å²) >= 11 is 1.56. The summed E-state index contributed by atoms with van der Waals surface area (Å²) in [5.41, 5.74) is 6.17. The predicted octanol–water partition coefficient (Wildman–Crippen LogP) is 2.79. The van der Waals surface area contributed by atoms with Crippen LogP contribution in [0, 0.1) is 5.82 Å². The van der Waals surface area contributed by atoms with Crippen LogP contribution in [0.1, 0.15) is 18.7 Å². The number of hydrogen-bond acceptors (Lipinski definition) is 4. The van der Waals surface area contributed by atoms with Gasteiger partial charge < -0.3 is 16.0 Å². The molecule has 0 atom stereocenters. The van der Waals surface area contributed by atoms with Crippen LogP contribution in [0.4, 0.5) is 4.39 Å². The minimum absolute atomic E-state index is 0. The predicted molar refractivity (Wildman–Crippen MR) is 105 cm³/mol. The van der Waals surface area contributed by atoms with Crippen molar-refractivity contribution in [3.63, 3.8) is 0 Å². The molecule has 142 valence electrons. The Morgan fingerprint density at radius 3 is 2.42 bits per heavy atom. The van der Waals surface area contributed by atoms with E-state index in [9.17, 15) is 14.0 Å².